The van der Waals surface area contributed by atoms with Crippen LogP contribution in [0.15, 0.2) is 47.4 Å². The predicted octanol–water partition coefficient (Wildman–Crippen LogP) is 1.53. The fourth-order valence-corrected chi connectivity index (χ4v) is 2.38. The molecule has 0 aliphatic heterocycles. The molecule has 0 N–H and O–H groups in total. The fraction of sp³-hybridized carbons (Fsp3) is 0.0909. The monoisotopic (exact) mass is 246 g/mol. The van der Waals surface area contributed by atoms with Crippen molar-refractivity contribution in [2.75, 3.05) is 7.11 Å². The van der Waals surface area contributed by atoms with Crippen molar-refractivity contribution in [1.82, 2.24) is 0 Å². The van der Waals surface area contributed by atoms with Crippen molar-refractivity contribution in [1.29, 1.82) is 0 Å². The van der Waals surface area contributed by atoms with Gasteiger partial charge < -0.3 is 0 Å². The second-order valence-corrected chi connectivity index (χ2v) is 4.78. The Morgan fingerprint density at radius 1 is 1.00 bits per heavy atom. The second kappa shape index (κ2) is 5.29. The molecule has 0 atom stereocenters. The average Bonchev–Trinajstić information content (AvgIpc) is 2.28. The zero-order valence-electron chi connectivity index (χ0n) is 8.17. The molecule has 2 rings (SSSR count). The minimum atomic E-state index is -3.62. The SMILES string of the molecule is COS(=O)(=O)c1cccc2ccccc12.[NaH]. The molecule has 2 aromatic carbocycles. The normalized spacial score (nSPS) is 11.1. The van der Waals surface area contributed by atoms with Crippen LogP contribution in [0.2, 0.25) is 0 Å². The number of benzene rings is 2. The van der Waals surface area contributed by atoms with E-state index < -0.39 is 10.1 Å². The summed E-state index contributed by atoms with van der Waals surface area (Å²) in [5.41, 5.74) is 0. The van der Waals surface area contributed by atoms with Gasteiger partial charge in [0.15, 0.2) is 0 Å². The molecular formula is C11H11NaO3S. The summed E-state index contributed by atoms with van der Waals surface area (Å²) in [5.74, 6) is 0. The van der Waals surface area contributed by atoms with Crippen LogP contribution in [0.25, 0.3) is 10.8 Å². The summed E-state index contributed by atoms with van der Waals surface area (Å²) in [7, 11) is -2.46. The van der Waals surface area contributed by atoms with E-state index in [0.717, 1.165) is 12.5 Å². The second-order valence-electron chi connectivity index (χ2n) is 3.10. The molecule has 0 aliphatic carbocycles. The maximum atomic E-state index is 11.6. The molecule has 80 valence electrons. The molecule has 0 radical (unpaired) electrons. The summed E-state index contributed by atoms with van der Waals surface area (Å²) in [4.78, 5) is 0.211. The van der Waals surface area contributed by atoms with Crippen molar-refractivity contribution in [3.63, 3.8) is 0 Å². The number of hydrogen-bond acceptors (Lipinski definition) is 3. The van der Waals surface area contributed by atoms with Gasteiger partial charge in [-0.1, -0.05) is 36.4 Å². The molecule has 2 aromatic rings. The first-order valence-corrected chi connectivity index (χ1v) is 5.84. The van der Waals surface area contributed by atoms with E-state index >= 15 is 0 Å². The van der Waals surface area contributed by atoms with Crippen LogP contribution >= 0.6 is 0 Å². The third kappa shape index (κ3) is 2.47. The standard InChI is InChI=1S/C11H10O3S.Na.H/c1-14-15(12,13)11-8-4-6-9-5-2-3-7-10(9)11;;/h2-8H,1H3;;. The van der Waals surface area contributed by atoms with Crippen molar-refractivity contribution in [3.05, 3.63) is 42.5 Å². The van der Waals surface area contributed by atoms with Gasteiger partial charge in [-0.05, 0) is 11.5 Å². The Labute approximate surface area is 117 Å². The van der Waals surface area contributed by atoms with Crippen molar-refractivity contribution in [3.8, 4) is 0 Å². The molecule has 0 saturated heterocycles. The van der Waals surface area contributed by atoms with Crippen LogP contribution in [-0.4, -0.2) is 45.1 Å². The average molecular weight is 246 g/mol. The van der Waals surface area contributed by atoms with Crippen LogP contribution in [0, 0.1) is 0 Å². The van der Waals surface area contributed by atoms with Crippen LogP contribution in [0.5, 0.6) is 0 Å². The van der Waals surface area contributed by atoms with Crippen molar-refractivity contribution in [2.45, 2.75) is 4.90 Å². The first-order chi connectivity index (χ1) is 7.15. The molecule has 3 nitrogen and oxygen atoms in total. The molecule has 0 aromatic heterocycles. The van der Waals surface area contributed by atoms with E-state index in [1.165, 1.54) is 0 Å². The fourth-order valence-electron chi connectivity index (χ4n) is 1.50. The zero-order valence-corrected chi connectivity index (χ0v) is 8.99. The Morgan fingerprint density at radius 2 is 1.62 bits per heavy atom. The van der Waals surface area contributed by atoms with E-state index in [1.807, 2.05) is 18.2 Å². The number of rotatable bonds is 2. The molecule has 0 amide bonds. The van der Waals surface area contributed by atoms with E-state index in [2.05, 4.69) is 4.18 Å². The Kier molecular flexibility index (Phi) is 4.52. The van der Waals surface area contributed by atoms with Crippen LogP contribution in [0.1, 0.15) is 0 Å². The van der Waals surface area contributed by atoms with Gasteiger partial charge in [-0.15, -0.1) is 0 Å². The molecule has 5 heteroatoms. The summed E-state index contributed by atoms with van der Waals surface area (Å²) in [5, 5.41) is 1.57. The van der Waals surface area contributed by atoms with Crippen LogP contribution < -0.4 is 0 Å². The van der Waals surface area contributed by atoms with Gasteiger partial charge in [-0.25, -0.2) is 0 Å². The summed E-state index contributed by atoms with van der Waals surface area (Å²) in [6.07, 6.45) is 0. The molecule has 0 unspecified atom stereocenters. The first kappa shape index (κ1) is 13.7. The van der Waals surface area contributed by atoms with E-state index in [1.54, 1.807) is 24.3 Å². The molecule has 0 spiro atoms. The van der Waals surface area contributed by atoms with Gasteiger partial charge in [-0.2, -0.15) is 8.42 Å². The first-order valence-electron chi connectivity index (χ1n) is 4.43. The van der Waals surface area contributed by atoms with Gasteiger partial charge in [0.05, 0.1) is 7.11 Å². The van der Waals surface area contributed by atoms with Crippen LogP contribution in [0.4, 0.5) is 0 Å². The van der Waals surface area contributed by atoms with Gasteiger partial charge in [0.1, 0.15) is 4.90 Å². The maximum absolute atomic E-state index is 11.6. The Balaban J connectivity index is 0.00000128. The van der Waals surface area contributed by atoms with Crippen molar-refractivity contribution in [2.24, 2.45) is 0 Å². The van der Waals surface area contributed by atoms with E-state index in [4.69, 9.17) is 0 Å². The molecule has 0 fully saturated rings. The summed E-state index contributed by atoms with van der Waals surface area (Å²) in [6, 6.07) is 12.4. The summed E-state index contributed by atoms with van der Waals surface area (Å²) >= 11 is 0. The Hall–Kier alpha value is -0.390. The van der Waals surface area contributed by atoms with Gasteiger partial charge in [-0.3, -0.25) is 4.18 Å². The summed E-state index contributed by atoms with van der Waals surface area (Å²) in [6.45, 7) is 0. The Bertz CT molecular complexity index is 588. The quantitative estimate of drug-likeness (QED) is 0.596. The third-order valence-corrected chi connectivity index (χ3v) is 3.57. The Morgan fingerprint density at radius 3 is 2.31 bits per heavy atom. The molecule has 0 heterocycles. The molecule has 0 aliphatic rings. The minimum absolute atomic E-state index is 0. The van der Waals surface area contributed by atoms with E-state index in [0.29, 0.717) is 5.39 Å². The van der Waals surface area contributed by atoms with E-state index in [9.17, 15) is 8.42 Å². The summed E-state index contributed by atoms with van der Waals surface area (Å²) < 4.78 is 27.7. The third-order valence-electron chi connectivity index (χ3n) is 2.24. The molecule has 0 saturated carbocycles. The number of fused-ring (bicyclic) bond motifs is 1. The molecule has 0 bridgehead atoms. The van der Waals surface area contributed by atoms with Crippen LogP contribution in [0.3, 0.4) is 0 Å². The van der Waals surface area contributed by atoms with E-state index in [-0.39, 0.29) is 34.5 Å². The topological polar surface area (TPSA) is 43.4 Å². The van der Waals surface area contributed by atoms with Gasteiger partial charge in [0, 0.05) is 5.39 Å². The van der Waals surface area contributed by atoms with Crippen LogP contribution in [-0.2, 0) is 14.3 Å². The zero-order chi connectivity index (χ0) is 10.9. The van der Waals surface area contributed by atoms with Crippen molar-refractivity contribution >= 4 is 50.4 Å². The molecular weight excluding hydrogens is 235 g/mol. The molecule has 16 heavy (non-hydrogen) atoms. The van der Waals surface area contributed by atoms with Gasteiger partial charge in [0.2, 0.25) is 0 Å². The predicted molar refractivity (Wildman–Crippen MR) is 65.3 cm³/mol. The van der Waals surface area contributed by atoms with Crippen molar-refractivity contribution < 1.29 is 12.6 Å². The number of hydrogen-bond donors (Lipinski definition) is 0. The van der Waals surface area contributed by atoms with Gasteiger partial charge >= 0.3 is 29.6 Å². The van der Waals surface area contributed by atoms with Gasteiger partial charge in [0.25, 0.3) is 10.1 Å².